The van der Waals surface area contributed by atoms with Crippen molar-refractivity contribution in [3.8, 4) is 16.9 Å². The number of alkyl carbamates (subject to hydrolysis) is 1. The Morgan fingerprint density at radius 3 is 2.07 bits per heavy atom. The normalized spacial score (nSPS) is 16.4. The van der Waals surface area contributed by atoms with Crippen molar-refractivity contribution in [3.63, 3.8) is 0 Å². The van der Waals surface area contributed by atoms with Crippen molar-refractivity contribution in [2.75, 3.05) is 27.2 Å². The average Bonchev–Trinajstić information content (AvgIpc) is 3.08. The summed E-state index contributed by atoms with van der Waals surface area (Å²) in [5.41, 5.74) is 4.35. The van der Waals surface area contributed by atoms with E-state index in [1.165, 1.54) is 43.3 Å². The first kappa shape index (κ1) is 42.8. The van der Waals surface area contributed by atoms with Crippen molar-refractivity contribution in [2.24, 2.45) is 5.73 Å². The molecule has 3 N–H and O–H groups in total. The number of hydrogen-bond donors (Lipinski definition) is 2. The van der Waals surface area contributed by atoms with E-state index < -0.39 is 69.9 Å². The molecular weight excluding hydrogens is 734 g/mol. The molecule has 11 nitrogen and oxygen atoms in total. The van der Waals surface area contributed by atoms with Gasteiger partial charge in [0.05, 0.1) is 10.6 Å². The maximum absolute atomic E-state index is 16.4. The number of benzene rings is 3. The lowest BCUT2D eigenvalue weighted by Crippen LogP contribution is -2.49. The van der Waals surface area contributed by atoms with Crippen LogP contribution in [0, 0.1) is 11.6 Å². The molecule has 4 amide bonds. The summed E-state index contributed by atoms with van der Waals surface area (Å²) < 4.78 is 49.2. The van der Waals surface area contributed by atoms with Gasteiger partial charge in [0.1, 0.15) is 17.0 Å². The summed E-state index contributed by atoms with van der Waals surface area (Å²) in [5, 5.41) is 2.45. The predicted molar refractivity (Wildman–Crippen MR) is 206 cm³/mol. The quantitative estimate of drug-likeness (QED) is 0.201. The number of nitrogens with zero attached hydrogens (tertiary/aromatic N) is 2. The number of rotatable bonds is 11. The average molecular weight is 785 g/mol. The van der Waals surface area contributed by atoms with Crippen LogP contribution in [0.1, 0.15) is 94.6 Å². The third-order valence-electron chi connectivity index (χ3n) is 9.01. The van der Waals surface area contributed by atoms with Gasteiger partial charge < -0.3 is 35.1 Å². The van der Waals surface area contributed by atoms with E-state index in [4.69, 9.17) is 31.5 Å². The molecule has 14 heteroatoms. The Kier molecular flexibility index (Phi) is 13.8. The molecule has 0 aromatic heterocycles. The van der Waals surface area contributed by atoms with E-state index >= 15 is 8.78 Å². The predicted octanol–water partition coefficient (Wildman–Crippen LogP) is 8.06. The van der Waals surface area contributed by atoms with Crippen LogP contribution in [-0.2, 0) is 14.3 Å². The molecule has 0 spiro atoms. The van der Waals surface area contributed by atoms with Crippen LogP contribution < -0.4 is 15.8 Å². The van der Waals surface area contributed by atoms with E-state index in [0.29, 0.717) is 36.8 Å². The van der Waals surface area contributed by atoms with Crippen molar-refractivity contribution in [1.29, 1.82) is 0 Å². The summed E-state index contributed by atoms with van der Waals surface area (Å²) in [4.78, 5) is 54.3. The molecule has 298 valence electrons. The number of carbonyl (C=O) groups excluding carboxylic acids is 4. The van der Waals surface area contributed by atoms with Crippen LogP contribution in [0.3, 0.4) is 0 Å². The Morgan fingerprint density at radius 2 is 1.51 bits per heavy atom. The van der Waals surface area contributed by atoms with Gasteiger partial charge in [0, 0.05) is 49.8 Å². The fourth-order valence-electron chi connectivity index (χ4n) is 6.38. The number of ether oxygens (including phenoxy) is 3. The highest BCUT2D eigenvalue weighted by atomic mass is 35.5. The highest BCUT2D eigenvalue weighted by molar-refractivity contribution is 6.33. The fraction of sp³-hybridized carbons (Fsp3) is 0.463. The van der Waals surface area contributed by atoms with Crippen molar-refractivity contribution in [3.05, 3.63) is 87.9 Å². The highest BCUT2D eigenvalue weighted by Gasteiger charge is 2.35. The Bertz CT molecular complexity index is 1870. The maximum Gasteiger partial charge on any atom is 0.410 e. The largest absolute Gasteiger partial charge is 0.481 e. The number of hydrogen-bond acceptors (Lipinski definition) is 7. The van der Waals surface area contributed by atoms with Gasteiger partial charge in [0.2, 0.25) is 5.91 Å². The molecule has 1 atom stereocenters. The summed E-state index contributed by atoms with van der Waals surface area (Å²) >= 11 is 6.54. The zero-order valence-corrected chi connectivity index (χ0v) is 33.4. The monoisotopic (exact) mass is 784 g/mol. The first-order chi connectivity index (χ1) is 25.6. The van der Waals surface area contributed by atoms with E-state index in [9.17, 15) is 19.2 Å². The van der Waals surface area contributed by atoms with Crippen molar-refractivity contribution >= 4 is 35.6 Å². The molecule has 1 fully saturated rings. The molecule has 55 heavy (non-hydrogen) atoms. The minimum absolute atomic E-state index is 0.0230. The van der Waals surface area contributed by atoms with E-state index in [1.54, 1.807) is 46.4 Å². The zero-order valence-electron chi connectivity index (χ0n) is 32.6. The number of primary amides is 1. The van der Waals surface area contributed by atoms with Gasteiger partial charge >= 0.3 is 12.2 Å². The Labute approximate surface area is 326 Å². The highest BCUT2D eigenvalue weighted by Crippen LogP contribution is 2.41. The van der Waals surface area contributed by atoms with Gasteiger partial charge in [-0.1, -0.05) is 41.9 Å². The molecule has 4 rings (SSSR count). The lowest BCUT2D eigenvalue weighted by Gasteiger charge is -2.39. The standard InChI is InChI=1S/C41H51ClF2N4O7/c1-40(2,3)54-38(51)46-26-14-16-27(17-15-26)48(39(52)55-41(4,5)6)22-30(24-12-10-9-11-13-24)25-20-29(35(42)31(43)21-25)34-28(37(45)50)18-19-32(36(34)44)53-23-33(49)47(7)8/h9-13,18-21,26-27,30H,14-17,22-23H2,1-8H3,(H2,45,50)(H,46,51). The number of likely N-dealkylation sites (N-methyl/N-ethyl adjacent to an activating group) is 1. The van der Waals surface area contributed by atoms with Crippen LogP contribution in [0.2, 0.25) is 5.02 Å². The second-order valence-corrected chi connectivity index (χ2v) is 16.2. The van der Waals surface area contributed by atoms with Crippen LogP contribution >= 0.6 is 11.6 Å². The van der Waals surface area contributed by atoms with Crippen LogP contribution in [0.25, 0.3) is 11.1 Å². The van der Waals surface area contributed by atoms with E-state index in [2.05, 4.69) is 5.32 Å². The number of carbonyl (C=O) groups is 4. The molecule has 0 saturated heterocycles. The molecular formula is C41H51ClF2N4O7. The maximum atomic E-state index is 16.4. The van der Waals surface area contributed by atoms with E-state index in [1.807, 2.05) is 30.3 Å². The third-order valence-corrected chi connectivity index (χ3v) is 9.40. The molecule has 1 aliphatic rings. The molecule has 3 aromatic carbocycles. The second-order valence-electron chi connectivity index (χ2n) is 15.9. The smallest absolute Gasteiger partial charge is 0.410 e. The third kappa shape index (κ3) is 11.5. The van der Waals surface area contributed by atoms with Crippen LogP contribution in [-0.4, -0.2) is 84.3 Å². The molecule has 0 radical (unpaired) electrons. The number of halogens is 3. The second kappa shape index (κ2) is 17.7. The SMILES string of the molecule is CN(C)C(=O)COc1ccc(C(N)=O)c(-c2cc(C(CN(C(=O)OC(C)(C)C)C3CCC(NC(=O)OC(C)(C)C)CC3)c3ccccc3)cc(F)c2Cl)c1F. The van der Waals surface area contributed by atoms with Gasteiger partial charge in [-0.25, -0.2) is 18.4 Å². The lowest BCUT2D eigenvalue weighted by molar-refractivity contribution is -0.130. The topological polar surface area (TPSA) is 140 Å². The summed E-state index contributed by atoms with van der Waals surface area (Å²) in [6, 6.07) is 13.7. The molecule has 1 unspecified atom stereocenters. The molecule has 1 saturated carbocycles. The number of nitrogens with one attached hydrogen (secondary N) is 1. The lowest BCUT2D eigenvalue weighted by atomic mass is 9.86. The molecule has 0 heterocycles. The minimum atomic E-state index is -1.07. The Morgan fingerprint density at radius 1 is 0.891 bits per heavy atom. The molecule has 0 bridgehead atoms. The summed E-state index contributed by atoms with van der Waals surface area (Å²) in [6.07, 6.45) is 1.08. The van der Waals surface area contributed by atoms with Gasteiger partial charge in [0.25, 0.3) is 5.91 Å². The van der Waals surface area contributed by atoms with Gasteiger partial charge in [-0.3, -0.25) is 9.59 Å². The van der Waals surface area contributed by atoms with E-state index in [-0.39, 0.29) is 35.5 Å². The number of nitrogens with two attached hydrogens (primary N) is 1. The van der Waals surface area contributed by atoms with Gasteiger partial charge in [0.15, 0.2) is 18.2 Å². The van der Waals surface area contributed by atoms with Crippen LogP contribution in [0.15, 0.2) is 54.6 Å². The summed E-state index contributed by atoms with van der Waals surface area (Å²) in [7, 11) is 3.03. The minimum Gasteiger partial charge on any atom is -0.481 e. The molecule has 1 aliphatic carbocycles. The van der Waals surface area contributed by atoms with Crippen molar-refractivity contribution in [2.45, 2.75) is 96.4 Å². The first-order valence-electron chi connectivity index (χ1n) is 18.1. The number of amides is 4. The van der Waals surface area contributed by atoms with Gasteiger partial charge in [-0.05, 0) is 103 Å². The van der Waals surface area contributed by atoms with Crippen molar-refractivity contribution in [1.82, 2.24) is 15.1 Å². The molecule has 0 aliphatic heterocycles. The Balaban J connectivity index is 1.78. The van der Waals surface area contributed by atoms with Gasteiger partial charge in [-0.2, -0.15) is 0 Å². The summed E-state index contributed by atoms with van der Waals surface area (Å²) in [5.74, 6) is -4.49. The summed E-state index contributed by atoms with van der Waals surface area (Å²) in [6.45, 7) is 10.2. The van der Waals surface area contributed by atoms with Crippen LogP contribution in [0.5, 0.6) is 5.75 Å². The fourth-order valence-corrected chi connectivity index (χ4v) is 6.59. The van der Waals surface area contributed by atoms with Crippen molar-refractivity contribution < 1.29 is 42.2 Å². The molecule has 3 aromatic rings. The van der Waals surface area contributed by atoms with Gasteiger partial charge in [-0.15, -0.1) is 0 Å². The zero-order chi connectivity index (χ0) is 40.8. The first-order valence-corrected chi connectivity index (χ1v) is 18.5. The van der Waals surface area contributed by atoms with Crippen LogP contribution in [0.4, 0.5) is 18.4 Å². The van der Waals surface area contributed by atoms with E-state index in [0.717, 1.165) is 0 Å². The Hall–Kier alpha value is -4.91.